The minimum atomic E-state index is -3.72. The average Bonchev–Trinajstić information content (AvgIpc) is 2.77. The van der Waals surface area contributed by atoms with Crippen LogP contribution in [0.3, 0.4) is 0 Å². The topological polar surface area (TPSA) is 84.0 Å². The molecule has 0 spiro atoms. The van der Waals surface area contributed by atoms with Crippen molar-refractivity contribution in [3.63, 3.8) is 0 Å². The van der Waals surface area contributed by atoms with Gasteiger partial charge in [-0.2, -0.15) is 4.31 Å². The number of carbonyl (C=O) groups is 2. The smallest absolute Gasteiger partial charge is 0.338 e. The Morgan fingerprint density at radius 3 is 2.52 bits per heavy atom. The van der Waals surface area contributed by atoms with Crippen molar-refractivity contribution in [2.75, 3.05) is 31.1 Å². The highest BCUT2D eigenvalue weighted by Crippen LogP contribution is 2.27. The summed E-state index contributed by atoms with van der Waals surface area (Å²) in [5.41, 5.74) is 2.59. The lowest BCUT2D eigenvalue weighted by Gasteiger charge is -2.29. The molecule has 7 nitrogen and oxygen atoms in total. The highest BCUT2D eigenvalue weighted by Gasteiger charge is 2.26. The molecule has 3 rings (SSSR count). The molecule has 1 heterocycles. The summed E-state index contributed by atoms with van der Waals surface area (Å²) in [7, 11) is -3.72. The molecule has 1 aliphatic heterocycles. The summed E-state index contributed by atoms with van der Waals surface area (Å²) in [5.74, 6) is -1.03. The van der Waals surface area contributed by atoms with Gasteiger partial charge in [-0.25, -0.2) is 13.2 Å². The number of benzene rings is 2. The first-order valence-corrected chi connectivity index (χ1v) is 11.9. The maximum absolute atomic E-state index is 12.9. The Morgan fingerprint density at radius 2 is 1.81 bits per heavy atom. The second-order valence-corrected chi connectivity index (χ2v) is 9.33. The van der Waals surface area contributed by atoms with Crippen LogP contribution >= 0.6 is 0 Å². The average molecular weight is 445 g/mol. The Bertz CT molecular complexity index is 1080. The standard InChI is InChI=1S/C23H28N2O5S/c1-4-24(5-2)31(28,29)21-15-19(13-12-17(21)3)23(27)30-16-22(26)25-14-8-10-18-9-6-7-11-20(18)25/h6-7,9,11-13,15H,4-5,8,10,14,16H2,1-3H3. The van der Waals surface area contributed by atoms with Gasteiger partial charge >= 0.3 is 5.97 Å². The van der Waals surface area contributed by atoms with Gasteiger partial charge in [-0.3, -0.25) is 4.79 Å². The Morgan fingerprint density at radius 1 is 1.10 bits per heavy atom. The molecule has 0 saturated carbocycles. The van der Waals surface area contributed by atoms with Gasteiger partial charge in [0.15, 0.2) is 6.61 Å². The zero-order chi connectivity index (χ0) is 22.6. The van der Waals surface area contributed by atoms with Gasteiger partial charge in [-0.1, -0.05) is 38.1 Å². The zero-order valence-electron chi connectivity index (χ0n) is 18.1. The third kappa shape index (κ3) is 4.80. The van der Waals surface area contributed by atoms with Gasteiger partial charge in [-0.05, 0) is 49.1 Å². The van der Waals surface area contributed by atoms with Crippen LogP contribution < -0.4 is 4.90 Å². The molecule has 0 N–H and O–H groups in total. The van der Waals surface area contributed by atoms with E-state index in [2.05, 4.69) is 0 Å². The van der Waals surface area contributed by atoms with Crippen LogP contribution in [0.1, 0.15) is 41.8 Å². The minimum Gasteiger partial charge on any atom is -0.452 e. The molecule has 8 heteroatoms. The summed E-state index contributed by atoms with van der Waals surface area (Å²) >= 11 is 0. The predicted octanol–water partition coefficient (Wildman–Crippen LogP) is 3.16. The summed E-state index contributed by atoms with van der Waals surface area (Å²) in [6.45, 7) is 6.04. The fraction of sp³-hybridized carbons (Fsp3) is 0.391. The number of esters is 1. The molecule has 0 fully saturated rings. The molecule has 2 aromatic rings. The quantitative estimate of drug-likeness (QED) is 0.613. The van der Waals surface area contributed by atoms with Crippen molar-refractivity contribution in [3.05, 3.63) is 59.2 Å². The van der Waals surface area contributed by atoms with E-state index in [0.29, 0.717) is 25.2 Å². The van der Waals surface area contributed by atoms with Gasteiger partial charge in [-0.15, -0.1) is 0 Å². The molecule has 1 amide bonds. The van der Waals surface area contributed by atoms with Crippen LogP contribution in [0.4, 0.5) is 5.69 Å². The van der Waals surface area contributed by atoms with Crippen molar-refractivity contribution in [3.8, 4) is 0 Å². The highest BCUT2D eigenvalue weighted by atomic mass is 32.2. The van der Waals surface area contributed by atoms with E-state index in [1.807, 2.05) is 24.3 Å². The number of carbonyl (C=O) groups excluding carboxylic acids is 2. The van der Waals surface area contributed by atoms with Crippen LogP contribution in [-0.4, -0.2) is 50.8 Å². The summed E-state index contributed by atoms with van der Waals surface area (Å²) in [6, 6.07) is 12.1. The van der Waals surface area contributed by atoms with Crippen molar-refractivity contribution in [1.29, 1.82) is 0 Å². The number of aryl methyl sites for hydroxylation is 2. The second kappa shape index (κ2) is 9.62. The van der Waals surface area contributed by atoms with E-state index in [1.165, 1.54) is 16.4 Å². The predicted molar refractivity (Wildman–Crippen MR) is 119 cm³/mol. The Balaban J connectivity index is 1.74. The maximum Gasteiger partial charge on any atom is 0.338 e. The van der Waals surface area contributed by atoms with Crippen LogP contribution in [0.5, 0.6) is 0 Å². The molecule has 0 radical (unpaired) electrons. The molecule has 0 bridgehead atoms. The number of hydrogen-bond acceptors (Lipinski definition) is 5. The highest BCUT2D eigenvalue weighted by molar-refractivity contribution is 7.89. The van der Waals surface area contributed by atoms with Crippen LogP contribution in [0.15, 0.2) is 47.4 Å². The van der Waals surface area contributed by atoms with Gasteiger partial charge in [0.25, 0.3) is 5.91 Å². The van der Waals surface area contributed by atoms with Crippen molar-refractivity contribution in [2.45, 2.75) is 38.5 Å². The number of nitrogens with zero attached hydrogens (tertiary/aromatic N) is 2. The lowest BCUT2D eigenvalue weighted by atomic mass is 10.0. The van der Waals surface area contributed by atoms with E-state index in [0.717, 1.165) is 24.1 Å². The van der Waals surface area contributed by atoms with E-state index in [-0.39, 0.29) is 16.4 Å². The van der Waals surface area contributed by atoms with Gasteiger partial charge < -0.3 is 9.64 Å². The number of amides is 1. The lowest BCUT2D eigenvalue weighted by Crippen LogP contribution is -2.38. The molecular formula is C23H28N2O5S. The fourth-order valence-corrected chi connectivity index (χ4v) is 5.50. The number of para-hydroxylation sites is 1. The van der Waals surface area contributed by atoms with E-state index >= 15 is 0 Å². The van der Waals surface area contributed by atoms with Gasteiger partial charge in [0, 0.05) is 25.3 Å². The Labute approximate surface area is 183 Å². The molecule has 1 aliphatic rings. The van der Waals surface area contributed by atoms with Crippen molar-refractivity contribution >= 4 is 27.6 Å². The molecule has 0 aromatic heterocycles. The normalized spacial score (nSPS) is 13.7. The number of ether oxygens (including phenoxy) is 1. The number of sulfonamides is 1. The fourth-order valence-electron chi connectivity index (χ4n) is 3.79. The molecule has 0 atom stereocenters. The number of anilines is 1. The van der Waals surface area contributed by atoms with E-state index < -0.39 is 22.6 Å². The summed E-state index contributed by atoms with van der Waals surface area (Å²) in [6.07, 6.45) is 1.76. The molecule has 0 aliphatic carbocycles. The number of hydrogen-bond donors (Lipinski definition) is 0. The van der Waals surface area contributed by atoms with E-state index in [9.17, 15) is 18.0 Å². The van der Waals surface area contributed by atoms with E-state index in [4.69, 9.17) is 4.74 Å². The first-order valence-electron chi connectivity index (χ1n) is 10.5. The first-order chi connectivity index (χ1) is 14.8. The summed E-state index contributed by atoms with van der Waals surface area (Å²) in [5, 5.41) is 0. The summed E-state index contributed by atoms with van der Waals surface area (Å²) < 4.78 is 32.4. The van der Waals surface area contributed by atoms with Gasteiger partial charge in [0.2, 0.25) is 10.0 Å². The lowest BCUT2D eigenvalue weighted by molar-refractivity contribution is -0.121. The Hall–Kier alpha value is -2.71. The van der Waals surface area contributed by atoms with Crippen LogP contribution in [0.25, 0.3) is 0 Å². The molecule has 166 valence electrons. The van der Waals surface area contributed by atoms with Crippen LogP contribution in [0, 0.1) is 6.92 Å². The first kappa shape index (κ1) is 23.0. The maximum atomic E-state index is 12.9. The third-order valence-corrected chi connectivity index (χ3v) is 7.68. The molecule has 0 unspecified atom stereocenters. The van der Waals surface area contributed by atoms with E-state index in [1.54, 1.807) is 31.7 Å². The van der Waals surface area contributed by atoms with Crippen LogP contribution in [0.2, 0.25) is 0 Å². The van der Waals surface area contributed by atoms with Gasteiger partial charge in [0.1, 0.15) is 0 Å². The van der Waals surface area contributed by atoms with Crippen LogP contribution in [-0.2, 0) is 26.0 Å². The van der Waals surface area contributed by atoms with Gasteiger partial charge in [0.05, 0.1) is 10.5 Å². The molecular weight excluding hydrogens is 416 g/mol. The molecule has 2 aromatic carbocycles. The molecule has 31 heavy (non-hydrogen) atoms. The largest absolute Gasteiger partial charge is 0.452 e. The Kier molecular flexibility index (Phi) is 7.12. The zero-order valence-corrected chi connectivity index (χ0v) is 18.9. The third-order valence-electron chi connectivity index (χ3n) is 5.49. The minimum absolute atomic E-state index is 0.0712. The second-order valence-electron chi connectivity index (χ2n) is 7.42. The van der Waals surface area contributed by atoms with Crippen molar-refractivity contribution in [1.82, 2.24) is 4.31 Å². The molecule has 0 saturated heterocycles. The van der Waals surface area contributed by atoms with Crippen molar-refractivity contribution in [2.24, 2.45) is 0 Å². The van der Waals surface area contributed by atoms with Crippen molar-refractivity contribution < 1.29 is 22.7 Å². The SMILES string of the molecule is CCN(CC)S(=O)(=O)c1cc(C(=O)OCC(=O)N2CCCc3ccccc32)ccc1C. The summed E-state index contributed by atoms with van der Waals surface area (Å²) in [4.78, 5) is 27.0. The number of rotatable bonds is 7. The monoisotopic (exact) mass is 444 g/mol. The number of fused-ring (bicyclic) bond motifs is 1.